The van der Waals surface area contributed by atoms with E-state index in [1.54, 1.807) is 18.2 Å². The van der Waals surface area contributed by atoms with Crippen molar-refractivity contribution in [2.24, 2.45) is 0 Å². The number of aryl methyl sites for hydroxylation is 1. The van der Waals surface area contributed by atoms with E-state index in [1.165, 1.54) is 6.07 Å². The molecule has 9 heteroatoms. The molecule has 1 aromatic carbocycles. The zero-order valence-corrected chi connectivity index (χ0v) is 18.4. The second-order valence-electron chi connectivity index (χ2n) is 5.44. The zero-order valence-electron chi connectivity index (χ0n) is 15.5. The number of benzene rings is 1. The van der Waals surface area contributed by atoms with E-state index >= 15 is 0 Å². The van der Waals surface area contributed by atoms with E-state index in [9.17, 15) is 18.0 Å². The van der Waals surface area contributed by atoms with Crippen LogP contribution in [-0.4, -0.2) is 35.3 Å². The summed E-state index contributed by atoms with van der Waals surface area (Å²) < 4.78 is 36.5. The van der Waals surface area contributed by atoms with Gasteiger partial charge in [0.25, 0.3) is 10.1 Å². The molecule has 7 nitrogen and oxygen atoms in total. The zero-order chi connectivity index (χ0) is 18.2. The molecule has 25 heavy (non-hydrogen) atoms. The summed E-state index contributed by atoms with van der Waals surface area (Å²) in [4.78, 5) is 22.7. The van der Waals surface area contributed by atoms with Crippen LogP contribution in [0.1, 0.15) is 46.0 Å². The Balaban J connectivity index is 0. The van der Waals surface area contributed by atoms with Gasteiger partial charge in [-0.1, -0.05) is 44.4 Å². The number of carboxylic acids is 1. The van der Waals surface area contributed by atoms with Crippen LogP contribution in [0.2, 0.25) is 0 Å². The van der Waals surface area contributed by atoms with Gasteiger partial charge in [-0.25, -0.2) is 0 Å². The summed E-state index contributed by atoms with van der Waals surface area (Å²) in [7, 11) is -4.87. The van der Waals surface area contributed by atoms with Crippen LogP contribution in [0.4, 0.5) is 0 Å². The van der Waals surface area contributed by atoms with Crippen molar-refractivity contribution in [3.8, 4) is 5.75 Å². The molecule has 1 atom stereocenters. The van der Waals surface area contributed by atoms with Gasteiger partial charge in [-0.05, 0) is 24.5 Å². The van der Waals surface area contributed by atoms with Crippen LogP contribution in [0.15, 0.2) is 24.3 Å². The quantitative estimate of drug-likeness (QED) is 0.180. The number of para-hydroxylation sites is 1. The van der Waals surface area contributed by atoms with Crippen LogP contribution in [0.5, 0.6) is 5.75 Å². The normalized spacial score (nSPS) is 12.1. The molecule has 0 aromatic heterocycles. The average Bonchev–Trinajstić information content (AvgIpc) is 2.49. The fourth-order valence-electron chi connectivity index (χ4n) is 2.20. The summed E-state index contributed by atoms with van der Waals surface area (Å²) in [6.45, 7) is 2.09. The molecule has 1 unspecified atom stereocenters. The molecule has 0 aliphatic heterocycles. The molecule has 0 aliphatic rings. The van der Waals surface area contributed by atoms with E-state index in [2.05, 4.69) is 6.92 Å². The summed E-state index contributed by atoms with van der Waals surface area (Å²) in [6.07, 6.45) is 3.67. The van der Waals surface area contributed by atoms with Crippen LogP contribution in [-0.2, 0) is 26.1 Å². The number of rotatable bonds is 10. The molecular weight excluding hydrogens is 375 g/mol. The average molecular weight is 399 g/mol. The maximum Gasteiger partial charge on any atom is 1.00 e. The number of hydrogen-bond acceptors (Lipinski definition) is 5. The van der Waals surface area contributed by atoms with Gasteiger partial charge in [0.15, 0.2) is 5.25 Å². The number of carbonyl (C=O) groups excluding carboxylic acids is 1. The fourth-order valence-corrected chi connectivity index (χ4v) is 2.84. The number of aliphatic carboxylic acids is 1. The third kappa shape index (κ3) is 9.27. The Labute approximate surface area is 191 Å². The molecule has 0 saturated carbocycles. The van der Waals surface area contributed by atoms with Crippen molar-refractivity contribution in [1.82, 2.24) is 0 Å². The van der Waals surface area contributed by atoms with Crippen molar-refractivity contribution in [2.45, 2.75) is 50.7 Å². The van der Waals surface area contributed by atoms with Crippen molar-refractivity contribution in [3.05, 3.63) is 29.8 Å². The fraction of sp³-hybridized carbons (Fsp3) is 0.500. The third-order valence-corrected chi connectivity index (χ3v) is 4.54. The third-order valence-electron chi connectivity index (χ3n) is 3.47. The Bertz CT molecular complexity index is 679. The minimum atomic E-state index is -4.87. The van der Waals surface area contributed by atoms with Gasteiger partial charge in [0.2, 0.25) is 0 Å². The van der Waals surface area contributed by atoms with Crippen LogP contribution in [0.3, 0.4) is 0 Å². The van der Waals surface area contributed by atoms with Gasteiger partial charge in [-0.15, -0.1) is 0 Å². The van der Waals surface area contributed by atoms with Crippen molar-refractivity contribution >= 4 is 22.1 Å². The van der Waals surface area contributed by atoms with E-state index in [-0.39, 0.29) is 58.6 Å². The molecule has 1 rings (SSSR count). The second kappa shape index (κ2) is 12.2. The Hall–Kier alpha value is -0.294. The largest absolute Gasteiger partial charge is 1.00 e. The van der Waals surface area contributed by atoms with Crippen LogP contribution >= 0.6 is 0 Å². The SMILES string of the molecule is CCCCCCc1ccccc1OC(=O)C(CC(=O)O)S(=O)(=O)O.[H-].[K+]. The standard InChI is InChI=1S/C16H22O7S.K.H/c1-2-3-4-5-8-12-9-6-7-10-13(12)23-16(19)14(11-15(17)18)24(20,21)22;;/h6-7,9-10,14H,2-5,8,11H2,1H3,(H,17,18)(H,20,21,22);;/q;+1;-1. The van der Waals surface area contributed by atoms with E-state index in [0.717, 1.165) is 31.2 Å². The molecule has 0 radical (unpaired) electrons. The van der Waals surface area contributed by atoms with E-state index in [0.29, 0.717) is 6.42 Å². The van der Waals surface area contributed by atoms with E-state index < -0.39 is 33.7 Å². The maximum absolute atomic E-state index is 12.0. The molecule has 0 bridgehead atoms. The number of unbranched alkanes of at least 4 members (excludes halogenated alkanes) is 3. The Morgan fingerprint density at radius 2 is 1.84 bits per heavy atom. The van der Waals surface area contributed by atoms with Crippen molar-refractivity contribution in [1.29, 1.82) is 0 Å². The van der Waals surface area contributed by atoms with E-state index in [1.807, 2.05) is 0 Å². The van der Waals surface area contributed by atoms with Crippen molar-refractivity contribution in [3.63, 3.8) is 0 Å². The minimum absolute atomic E-state index is 0. The minimum Gasteiger partial charge on any atom is -1.00 e. The molecule has 0 fully saturated rings. The summed E-state index contributed by atoms with van der Waals surface area (Å²) in [5.41, 5.74) is 0.728. The number of esters is 1. The molecule has 0 saturated heterocycles. The van der Waals surface area contributed by atoms with Gasteiger partial charge >= 0.3 is 63.3 Å². The van der Waals surface area contributed by atoms with Gasteiger partial charge in [0, 0.05) is 0 Å². The van der Waals surface area contributed by atoms with Crippen LogP contribution in [0.25, 0.3) is 0 Å². The maximum atomic E-state index is 12.0. The van der Waals surface area contributed by atoms with Gasteiger partial charge in [0.05, 0.1) is 6.42 Å². The first kappa shape index (κ1) is 24.7. The number of hydrogen-bond donors (Lipinski definition) is 2. The van der Waals surface area contributed by atoms with Gasteiger partial charge < -0.3 is 11.3 Å². The van der Waals surface area contributed by atoms with Gasteiger partial charge in [-0.3, -0.25) is 14.1 Å². The molecule has 0 heterocycles. The number of carbonyl (C=O) groups is 2. The van der Waals surface area contributed by atoms with Crippen LogP contribution < -0.4 is 56.1 Å². The Morgan fingerprint density at radius 1 is 1.20 bits per heavy atom. The summed E-state index contributed by atoms with van der Waals surface area (Å²) in [5.74, 6) is -2.65. The topological polar surface area (TPSA) is 118 Å². The summed E-state index contributed by atoms with van der Waals surface area (Å²) >= 11 is 0. The Kier molecular flexibility index (Phi) is 12.0. The Morgan fingerprint density at radius 3 is 2.40 bits per heavy atom. The summed E-state index contributed by atoms with van der Waals surface area (Å²) in [6, 6.07) is 6.66. The first-order valence-corrected chi connectivity index (χ1v) is 9.23. The predicted molar refractivity (Wildman–Crippen MR) is 88.6 cm³/mol. The number of carboxylic acid groups (broad SMARTS) is 1. The molecule has 136 valence electrons. The van der Waals surface area contributed by atoms with Gasteiger partial charge in [0.1, 0.15) is 5.75 Å². The predicted octanol–water partition coefficient (Wildman–Crippen LogP) is -0.438. The monoisotopic (exact) mass is 398 g/mol. The van der Waals surface area contributed by atoms with Crippen molar-refractivity contribution in [2.75, 3.05) is 0 Å². The summed E-state index contributed by atoms with van der Waals surface area (Å²) in [5, 5.41) is 6.55. The number of ether oxygens (including phenoxy) is 1. The van der Waals surface area contributed by atoms with Gasteiger partial charge in [-0.2, -0.15) is 8.42 Å². The smallest absolute Gasteiger partial charge is 1.00 e. The molecular formula is C16H23KO7S. The molecule has 1 aromatic rings. The van der Waals surface area contributed by atoms with E-state index in [4.69, 9.17) is 14.4 Å². The molecule has 2 N–H and O–H groups in total. The second-order valence-corrected chi connectivity index (χ2v) is 7.04. The first-order chi connectivity index (χ1) is 11.3. The first-order valence-electron chi connectivity index (χ1n) is 7.73. The molecule has 0 amide bonds. The van der Waals surface area contributed by atoms with Crippen molar-refractivity contribution < 1.29 is 85.2 Å². The molecule has 0 aliphatic carbocycles. The molecule has 0 spiro atoms. The van der Waals surface area contributed by atoms with Crippen LogP contribution in [0, 0.1) is 0 Å².